The molecule has 6 nitrogen and oxygen atoms in total. The number of fused-ring (bicyclic) bond motifs is 1. The van der Waals surface area contributed by atoms with E-state index < -0.39 is 35.8 Å². The quantitative estimate of drug-likeness (QED) is 0.542. The number of nitrogens with one attached hydrogen (secondary N) is 2. The van der Waals surface area contributed by atoms with Crippen molar-refractivity contribution in [3.63, 3.8) is 0 Å². The minimum Gasteiger partial charge on any atom is -0.497 e. The van der Waals surface area contributed by atoms with Gasteiger partial charge in [0.25, 0.3) is 5.91 Å². The minimum atomic E-state index is -4.63. The van der Waals surface area contributed by atoms with E-state index in [4.69, 9.17) is 4.74 Å². The van der Waals surface area contributed by atoms with Crippen molar-refractivity contribution in [2.45, 2.75) is 24.7 Å². The van der Waals surface area contributed by atoms with Crippen molar-refractivity contribution >= 4 is 17.4 Å². The Balaban J connectivity index is 1.70. The number of hydrogen-bond donors (Lipinski definition) is 2. The summed E-state index contributed by atoms with van der Waals surface area (Å²) in [4.78, 5) is 12.7. The van der Waals surface area contributed by atoms with E-state index in [0.717, 1.165) is 18.3 Å². The molecule has 32 heavy (non-hydrogen) atoms. The zero-order valence-corrected chi connectivity index (χ0v) is 16.6. The van der Waals surface area contributed by atoms with Crippen LogP contribution in [0, 0.1) is 11.6 Å². The second-order valence-electron chi connectivity index (χ2n) is 7.20. The highest BCUT2D eigenvalue weighted by Crippen LogP contribution is 2.44. The summed E-state index contributed by atoms with van der Waals surface area (Å²) in [5, 5.41) is 8.94. The highest BCUT2D eigenvalue weighted by Gasteiger charge is 2.47. The molecule has 0 saturated heterocycles. The molecule has 0 fully saturated rings. The Morgan fingerprint density at radius 1 is 1.22 bits per heavy atom. The first-order valence-corrected chi connectivity index (χ1v) is 9.48. The Morgan fingerprint density at radius 3 is 2.69 bits per heavy atom. The van der Waals surface area contributed by atoms with Crippen molar-refractivity contribution in [2.24, 2.45) is 0 Å². The predicted molar refractivity (Wildman–Crippen MR) is 106 cm³/mol. The average Bonchev–Trinajstić information content (AvgIpc) is 3.18. The normalized spacial score (nSPS) is 17.9. The number of carbonyl (C=O) groups is 1. The number of aromatic nitrogens is 2. The molecule has 168 valence electrons. The molecule has 1 amide bonds. The Labute approximate surface area is 179 Å². The number of amides is 1. The van der Waals surface area contributed by atoms with Gasteiger partial charge in [-0.05, 0) is 29.8 Å². The van der Waals surface area contributed by atoms with Gasteiger partial charge in [0.2, 0.25) is 0 Å². The van der Waals surface area contributed by atoms with Crippen LogP contribution in [0.4, 0.5) is 33.5 Å². The second kappa shape index (κ2) is 8.13. The summed E-state index contributed by atoms with van der Waals surface area (Å²) < 4.78 is 74.3. The van der Waals surface area contributed by atoms with Crippen LogP contribution in [0.5, 0.6) is 5.75 Å². The highest BCUT2D eigenvalue weighted by molar-refractivity contribution is 6.07. The molecular formula is C21H17F5N4O2. The van der Waals surface area contributed by atoms with Crippen molar-refractivity contribution in [3.05, 3.63) is 71.4 Å². The van der Waals surface area contributed by atoms with Gasteiger partial charge in [-0.15, -0.1) is 0 Å². The lowest BCUT2D eigenvalue weighted by molar-refractivity contribution is -0.173. The molecule has 0 aliphatic carbocycles. The number of rotatable bonds is 4. The van der Waals surface area contributed by atoms with Crippen LogP contribution in [0.3, 0.4) is 0 Å². The third kappa shape index (κ3) is 4.10. The van der Waals surface area contributed by atoms with E-state index in [0.29, 0.717) is 22.1 Å². The molecule has 0 unspecified atom stereocenters. The van der Waals surface area contributed by atoms with Gasteiger partial charge in [0.15, 0.2) is 6.04 Å². The van der Waals surface area contributed by atoms with Gasteiger partial charge < -0.3 is 15.4 Å². The lowest BCUT2D eigenvalue weighted by Gasteiger charge is -2.34. The molecule has 0 radical (unpaired) electrons. The zero-order chi connectivity index (χ0) is 23.0. The third-order valence-corrected chi connectivity index (χ3v) is 5.16. The predicted octanol–water partition coefficient (Wildman–Crippen LogP) is 5.08. The zero-order valence-electron chi connectivity index (χ0n) is 16.6. The molecule has 2 heterocycles. The largest absolute Gasteiger partial charge is 0.497 e. The number of alkyl halides is 3. The van der Waals surface area contributed by atoms with Crippen molar-refractivity contribution < 1.29 is 31.5 Å². The van der Waals surface area contributed by atoms with Crippen LogP contribution < -0.4 is 15.4 Å². The number of benzene rings is 2. The number of hydrogen-bond acceptors (Lipinski definition) is 4. The summed E-state index contributed by atoms with van der Waals surface area (Å²) in [5.74, 6) is -2.44. The lowest BCUT2D eigenvalue weighted by Crippen LogP contribution is -2.36. The Morgan fingerprint density at radius 2 is 2.00 bits per heavy atom. The van der Waals surface area contributed by atoms with Crippen LogP contribution >= 0.6 is 0 Å². The number of ether oxygens (including phenoxy) is 1. The van der Waals surface area contributed by atoms with E-state index in [-0.39, 0.29) is 23.5 Å². The molecule has 0 spiro atoms. The van der Waals surface area contributed by atoms with Crippen LogP contribution in [0.15, 0.2) is 48.7 Å². The molecule has 2 atom stereocenters. The highest BCUT2D eigenvalue weighted by atomic mass is 19.4. The fourth-order valence-electron chi connectivity index (χ4n) is 3.59. The molecule has 2 aromatic carbocycles. The lowest BCUT2D eigenvalue weighted by atomic mass is 9.96. The summed E-state index contributed by atoms with van der Waals surface area (Å²) >= 11 is 0. The number of carbonyl (C=O) groups excluding carboxylic acids is 1. The molecule has 3 aromatic rings. The van der Waals surface area contributed by atoms with Gasteiger partial charge in [-0.3, -0.25) is 4.79 Å². The van der Waals surface area contributed by atoms with Crippen LogP contribution in [0.1, 0.15) is 34.4 Å². The van der Waals surface area contributed by atoms with Gasteiger partial charge in [-0.2, -0.15) is 18.3 Å². The first-order chi connectivity index (χ1) is 15.2. The Kier molecular flexibility index (Phi) is 5.49. The molecule has 0 saturated carbocycles. The molecule has 1 aliphatic rings. The van der Waals surface area contributed by atoms with Gasteiger partial charge >= 0.3 is 6.18 Å². The van der Waals surface area contributed by atoms with Crippen molar-refractivity contribution in [3.8, 4) is 5.75 Å². The fraction of sp³-hybridized carbons (Fsp3) is 0.238. The monoisotopic (exact) mass is 452 g/mol. The fourth-order valence-corrected chi connectivity index (χ4v) is 3.59. The third-order valence-electron chi connectivity index (χ3n) is 5.16. The van der Waals surface area contributed by atoms with Gasteiger partial charge in [0.1, 0.15) is 28.8 Å². The maximum Gasteiger partial charge on any atom is 0.410 e. The van der Waals surface area contributed by atoms with Crippen LogP contribution in [0.2, 0.25) is 0 Å². The van der Waals surface area contributed by atoms with E-state index in [1.54, 1.807) is 24.3 Å². The number of nitrogens with zero attached hydrogens (tertiary/aromatic N) is 2. The smallest absolute Gasteiger partial charge is 0.410 e. The van der Waals surface area contributed by atoms with Crippen molar-refractivity contribution in [1.82, 2.24) is 9.78 Å². The van der Waals surface area contributed by atoms with Crippen LogP contribution in [0.25, 0.3) is 0 Å². The Hall–Kier alpha value is -3.63. The summed E-state index contributed by atoms with van der Waals surface area (Å²) in [6.45, 7) is 0. The van der Waals surface area contributed by atoms with Gasteiger partial charge in [0.05, 0.1) is 25.0 Å². The van der Waals surface area contributed by atoms with Gasteiger partial charge in [-0.25, -0.2) is 13.5 Å². The van der Waals surface area contributed by atoms with Crippen LogP contribution in [-0.2, 0) is 0 Å². The maximum atomic E-state index is 13.9. The summed E-state index contributed by atoms with van der Waals surface area (Å²) in [5.41, 5.74) is 0.00133. The molecule has 11 heteroatoms. The molecule has 1 aromatic heterocycles. The number of methoxy groups -OCH3 is 1. The van der Waals surface area contributed by atoms with Crippen molar-refractivity contribution in [1.29, 1.82) is 0 Å². The molecule has 1 aliphatic heterocycles. The first kappa shape index (κ1) is 21.6. The molecular weight excluding hydrogens is 435 g/mol. The molecule has 0 bridgehead atoms. The maximum absolute atomic E-state index is 13.9. The second-order valence-corrected chi connectivity index (χ2v) is 7.20. The van der Waals surface area contributed by atoms with E-state index in [1.165, 1.54) is 7.11 Å². The summed E-state index contributed by atoms with van der Waals surface area (Å²) in [7, 11) is 1.44. The van der Waals surface area contributed by atoms with Crippen molar-refractivity contribution in [2.75, 3.05) is 17.7 Å². The first-order valence-electron chi connectivity index (χ1n) is 9.48. The minimum absolute atomic E-state index is 0.161. The van der Waals surface area contributed by atoms with Gasteiger partial charge in [-0.1, -0.05) is 12.1 Å². The Bertz CT molecular complexity index is 1160. The molecule has 4 rings (SSSR count). The van der Waals surface area contributed by atoms with Crippen LogP contribution in [-0.4, -0.2) is 29.0 Å². The number of halogens is 5. The standard InChI is InChI=1S/C21H17F5N4O2/c1-32-13-4-2-3-11(7-13)17-9-18(21(24,25)26)30-19(28-17)14(10-27-30)20(31)29-16-6-5-12(22)8-15(16)23/h2-8,10,17-18,28H,9H2,1H3,(H,29,31)/t17-,18-/m0/s1. The van der Waals surface area contributed by atoms with E-state index >= 15 is 0 Å². The average molecular weight is 452 g/mol. The molecule has 2 N–H and O–H groups in total. The summed E-state index contributed by atoms with van der Waals surface area (Å²) in [6.07, 6.45) is -4.01. The van der Waals surface area contributed by atoms with E-state index in [2.05, 4.69) is 15.7 Å². The summed E-state index contributed by atoms with van der Waals surface area (Å²) in [6, 6.07) is 6.32. The topological polar surface area (TPSA) is 68.2 Å². The SMILES string of the molecule is COc1cccc([C@@H]2C[C@@H](C(F)(F)F)n3ncc(C(=O)Nc4ccc(F)cc4F)c3N2)c1. The van der Waals surface area contributed by atoms with E-state index in [9.17, 15) is 26.7 Å². The van der Waals surface area contributed by atoms with Gasteiger partial charge in [0, 0.05) is 12.5 Å². The number of anilines is 2. The van der Waals surface area contributed by atoms with E-state index in [1.807, 2.05) is 0 Å².